The number of rotatable bonds is 9. The summed E-state index contributed by atoms with van der Waals surface area (Å²) in [4.78, 5) is 48.2. The van der Waals surface area contributed by atoms with E-state index in [-0.39, 0.29) is 42.5 Å². The van der Waals surface area contributed by atoms with Crippen LogP contribution >= 0.6 is 0 Å². The lowest BCUT2D eigenvalue weighted by Gasteiger charge is -2.55. The summed E-state index contributed by atoms with van der Waals surface area (Å²) in [5.74, 6) is 1.34. The number of ether oxygens (including phenoxy) is 1. The van der Waals surface area contributed by atoms with Crippen molar-refractivity contribution in [2.45, 2.75) is 51.4 Å². The summed E-state index contributed by atoms with van der Waals surface area (Å²) >= 11 is 0. The van der Waals surface area contributed by atoms with Crippen molar-refractivity contribution in [3.8, 4) is 0 Å². The second kappa shape index (κ2) is 9.93. The van der Waals surface area contributed by atoms with Gasteiger partial charge in [0.2, 0.25) is 17.7 Å². The van der Waals surface area contributed by atoms with Crippen molar-refractivity contribution >= 4 is 29.4 Å². The van der Waals surface area contributed by atoms with Crippen LogP contribution in [0.3, 0.4) is 0 Å². The molecule has 4 aliphatic carbocycles. The summed E-state index contributed by atoms with van der Waals surface area (Å²) < 4.78 is 4.48. The Morgan fingerprint density at radius 3 is 2.09 bits per heavy atom. The van der Waals surface area contributed by atoms with E-state index in [1.165, 1.54) is 26.4 Å². The third-order valence-electron chi connectivity index (χ3n) is 7.42. The van der Waals surface area contributed by atoms with Gasteiger partial charge >= 0.3 is 5.97 Å². The van der Waals surface area contributed by atoms with Crippen LogP contribution in [0, 0.1) is 23.2 Å². The van der Waals surface area contributed by atoms with Gasteiger partial charge in [-0.15, -0.1) is 0 Å². The van der Waals surface area contributed by atoms with Crippen molar-refractivity contribution in [2.24, 2.45) is 23.2 Å². The average molecular weight is 456 g/mol. The van der Waals surface area contributed by atoms with Crippen molar-refractivity contribution in [3.05, 3.63) is 29.8 Å². The van der Waals surface area contributed by atoms with Crippen molar-refractivity contribution in [1.29, 1.82) is 0 Å². The predicted octanol–water partition coefficient (Wildman–Crippen LogP) is 2.18. The molecule has 33 heavy (non-hydrogen) atoms. The van der Waals surface area contributed by atoms with E-state index in [2.05, 4.69) is 20.7 Å². The summed E-state index contributed by atoms with van der Waals surface area (Å²) in [6.45, 7) is 0.174. The molecule has 0 aromatic heterocycles. The van der Waals surface area contributed by atoms with Crippen LogP contribution in [-0.2, 0) is 30.3 Å². The molecule has 178 valence electrons. The fraction of sp³-hybridized carbons (Fsp3) is 0.600. The molecule has 1 aromatic carbocycles. The van der Waals surface area contributed by atoms with Gasteiger partial charge in [0.15, 0.2) is 0 Å². The highest BCUT2D eigenvalue weighted by atomic mass is 16.5. The van der Waals surface area contributed by atoms with Gasteiger partial charge in [0.05, 0.1) is 13.5 Å². The lowest BCUT2D eigenvalue weighted by molar-refractivity contribution is -0.146. The maximum absolute atomic E-state index is 13.0. The van der Waals surface area contributed by atoms with E-state index >= 15 is 0 Å². The van der Waals surface area contributed by atoms with E-state index in [1.54, 1.807) is 24.3 Å². The van der Waals surface area contributed by atoms with Crippen LogP contribution in [0.5, 0.6) is 0 Å². The molecule has 0 unspecified atom stereocenters. The highest BCUT2D eigenvalue weighted by Gasteiger charge is 2.54. The van der Waals surface area contributed by atoms with Gasteiger partial charge in [0, 0.05) is 24.1 Å². The first kappa shape index (κ1) is 23.3. The first-order chi connectivity index (χ1) is 15.8. The van der Waals surface area contributed by atoms with Crippen molar-refractivity contribution in [1.82, 2.24) is 10.6 Å². The summed E-state index contributed by atoms with van der Waals surface area (Å²) in [5.41, 5.74) is 1.20. The monoisotopic (exact) mass is 455 g/mol. The molecule has 0 radical (unpaired) electrons. The maximum Gasteiger partial charge on any atom is 0.325 e. The molecule has 4 bridgehead atoms. The highest BCUT2D eigenvalue weighted by molar-refractivity contribution is 5.91. The van der Waals surface area contributed by atoms with Crippen LogP contribution in [0.4, 0.5) is 5.69 Å². The van der Waals surface area contributed by atoms with Crippen molar-refractivity contribution in [2.75, 3.05) is 25.5 Å². The number of methoxy groups -OCH3 is 1. The van der Waals surface area contributed by atoms with Crippen LogP contribution < -0.4 is 16.0 Å². The molecule has 0 aliphatic heterocycles. The first-order valence-corrected chi connectivity index (χ1v) is 11.9. The maximum atomic E-state index is 13.0. The molecule has 0 spiro atoms. The molecule has 8 nitrogen and oxygen atoms in total. The van der Waals surface area contributed by atoms with Crippen LogP contribution in [0.15, 0.2) is 24.3 Å². The number of anilines is 1. The van der Waals surface area contributed by atoms with Crippen LogP contribution in [0.25, 0.3) is 0 Å². The summed E-state index contributed by atoms with van der Waals surface area (Å²) in [7, 11) is 1.26. The van der Waals surface area contributed by atoms with E-state index in [0.29, 0.717) is 30.0 Å². The van der Waals surface area contributed by atoms with Gasteiger partial charge in [-0.05, 0) is 74.0 Å². The van der Waals surface area contributed by atoms with Gasteiger partial charge in [-0.1, -0.05) is 12.1 Å². The standard InChI is InChI=1S/C25H33N3O5/c1-33-23(31)15-27-22(30)11-16-2-4-20(5-3-16)28-21(29)6-7-26-24(32)25-12-17-8-18(13-25)10-19(9-17)14-25/h2-5,17-19H,6-15H2,1H3,(H,26,32)(H,27,30)(H,28,29). The Bertz CT molecular complexity index is 876. The number of carbonyl (C=O) groups excluding carboxylic acids is 4. The Kier molecular flexibility index (Phi) is 7.00. The minimum Gasteiger partial charge on any atom is -0.468 e. The number of carbonyl (C=O) groups is 4. The van der Waals surface area contributed by atoms with Crippen molar-refractivity contribution < 1.29 is 23.9 Å². The fourth-order valence-corrected chi connectivity index (χ4v) is 6.29. The van der Waals surface area contributed by atoms with Gasteiger partial charge in [0.25, 0.3) is 0 Å². The minimum absolute atomic E-state index is 0.127. The Hall–Kier alpha value is -2.90. The van der Waals surface area contributed by atoms with Gasteiger partial charge in [-0.25, -0.2) is 0 Å². The molecule has 4 fully saturated rings. The fourth-order valence-electron chi connectivity index (χ4n) is 6.29. The molecule has 0 atom stereocenters. The zero-order chi connectivity index (χ0) is 23.4. The summed E-state index contributed by atoms with van der Waals surface area (Å²) in [6, 6.07) is 6.97. The second-order valence-corrected chi connectivity index (χ2v) is 9.98. The van der Waals surface area contributed by atoms with Crippen LogP contribution in [0.1, 0.15) is 50.5 Å². The normalized spacial score (nSPS) is 27.0. The molecule has 8 heteroatoms. The zero-order valence-corrected chi connectivity index (χ0v) is 19.2. The number of nitrogens with one attached hydrogen (secondary N) is 3. The first-order valence-electron chi connectivity index (χ1n) is 11.9. The lowest BCUT2D eigenvalue weighted by Crippen LogP contribution is -2.53. The molecule has 4 aliphatic rings. The van der Waals surface area contributed by atoms with E-state index in [9.17, 15) is 19.2 Å². The molecule has 0 heterocycles. The molecular formula is C25H33N3O5. The highest BCUT2D eigenvalue weighted by Crippen LogP contribution is 2.60. The average Bonchev–Trinajstić information content (AvgIpc) is 2.77. The van der Waals surface area contributed by atoms with E-state index < -0.39 is 5.97 Å². The van der Waals surface area contributed by atoms with Gasteiger partial charge in [-0.3, -0.25) is 19.2 Å². The molecule has 3 amide bonds. The minimum atomic E-state index is -0.504. The largest absolute Gasteiger partial charge is 0.468 e. The molecule has 0 saturated heterocycles. The van der Waals surface area contributed by atoms with E-state index in [4.69, 9.17) is 0 Å². The van der Waals surface area contributed by atoms with Crippen LogP contribution in [0.2, 0.25) is 0 Å². The quantitative estimate of drug-likeness (QED) is 0.494. The Labute approximate surface area is 194 Å². The van der Waals surface area contributed by atoms with E-state index in [0.717, 1.165) is 24.8 Å². The van der Waals surface area contributed by atoms with Crippen LogP contribution in [-0.4, -0.2) is 43.9 Å². The Morgan fingerprint density at radius 2 is 1.52 bits per heavy atom. The molecule has 5 rings (SSSR count). The topological polar surface area (TPSA) is 114 Å². The lowest BCUT2D eigenvalue weighted by atomic mass is 9.49. The third kappa shape index (κ3) is 5.72. The van der Waals surface area contributed by atoms with Crippen molar-refractivity contribution in [3.63, 3.8) is 0 Å². The predicted molar refractivity (Wildman–Crippen MR) is 122 cm³/mol. The number of hydrogen-bond donors (Lipinski definition) is 3. The zero-order valence-electron chi connectivity index (χ0n) is 19.2. The third-order valence-corrected chi connectivity index (χ3v) is 7.42. The Morgan fingerprint density at radius 1 is 0.909 bits per heavy atom. The van der Waals surface area contributed by atoms with Gasteiger partial charge < -0.3 is 20.7 Å². The molecule has 4 saturated carbocycles. The number of benzene rings is 1. The number of esters is 1. The number of hydrogen-bond acceptors (Lipinski definition) is 5. The number of amides is 3. The Balaban J connectivity index is 1.18. The van der Waals surface area contributed by atoms with E-state index in [1.807, 2.05) is 0 Å². The van der Waals surface area contributed by atoms with Gasteiger partial charge in [-0.2, -0.15) is 0 Å². The summed E-state index contributed by atoms with van der Waals surface area (Å²) in [5, 5.41) is 8.35. The second-order valence-electron chi connectivity index (χ2n) is 9.98. The SMILES string of the molecule is COC(=O)CNC(=O)Cc1ccc(NC(=O)CCNC(=O)C23CC4CC(CC(C4)C2)C3)cc1. The summed E-state index contributed by atoms with van der Waals surface area (Å²) in [6.07, 6.45) is 7.29. The van der Waals surface area contributed by atoms with Gasteiger partial charge in [0.1, 0.15) is 6.54 Å². The molecule has 3 N–H and O–H groups in total. The smallest absolute Gasteiger partial charge is 0.325 e. The molecule has 1 aromatic rings. The molecular weight excluding hydrogens is 422 g/mol.